The van der Waals surface area contributed by atoms with Gasteiger partial charge in [-0.2, -0.15) is 0 Å². The highest BCUT2D eigenvalue weighted by atomic mass is 19.1. The average molecular weight is 128 g/mol. The van der Waals surface area contributed by atoms with Crippen LogP contribution in [0.5, 0.6) is 0 Å². The van der Waals surface area contributed by atoms with Gasteiger partial charge in [-0.1, -0.05) is 26.0 Å². The molecule has 0 aromatic carbocycles. The summed E-state index contributed by atoms with van der Waals surface area (Å²) < 4.78 is 12.7. The van der Waals surface area contributed by atoms with Gasteiger partial charge in [0.05, 0.1) is 0 Å². The summed E-state index contributed by atoms with van der Waals surface area (Å²) in [6.07, 6.45) is 3.95. The summed E-state index contributed by atoms with van der Waals surface area (Å²) in [6.45, 7) is 4.07. The van der Waals surface area contributed by atoms with Gasteiger partial charge in [-0.3, -0.25) is 0 Å². The third-order valence-corrected chi connectivity index (χ3v) is 2.23. The molecule has 0 nitrogen and oxygen atoms in total. The van der Waals surface area contributed by atoms with E-state index in [0.717, 1.165) is 6.42 Å². The lowest BCUT2D eigenvalue weighted by Gasteiger charge is -2.23. The summed E-state index contributed by atoms with van der Waals surface area (Å²) in [5.41, 5.74) is 0. The molecule has 9 heavy (non-hydrogen) atoms. The van der Waals surface area contributed by atoms with Gasteiger partial charge in [0.15, 0.2) is 0 Å². The maximum Gasteiger partial charge on any atom is 0.121 e. The Bertz CT molecular complexity index is 118. The van der Waals surface area contributed by atoms with Crippen molar-refractivity contribution >= 4 is 0 Å². The minimum atomic E-state index is -0.700. The number of allylic oxidation sites excluding steroid dienone is 2. The van der Waals surface area contributed by atoms with E-state index in [1.807, 2.05) is 13.0 Å². The lowest BCUT2D eigenvalue weighted by Crippen LogP contribution is -2.21. The second kappa shape index (κ2) is 2.51. The highest BCUT2D eigenvalue weighted by Crippen LogP contribution is 2.26. The Labute approximate surface area is 55.8 Å². The Morgan fingerprint density at radius 1 is 1.44 bits per heavy atom. The Morgan fingerprint density at radius 3 is 2.56 bits per heavy atom. The highest BCUT2D eigenvalue weighted by Gasteiger charge is 2.22. The van der Waals surface area contributed by atoms with Crippen molar-refractivity contribution in [2.45, 2.75) is 26.4 Å². The van der Waals surface area contributed by atoms with E-state index in [1.165, 1.54) is 0 Å². The van der Waals surface area contributed by atoms with E-state index >= 15 is 0 Å². The van der Waals surface area contributed by atoms with Crippen LogP contribution in [0.15, 0.2) is 12.2 Å². The molecule has 1 heteroatoms. The first-order valence-corrected chi connectivity index (χ1v) is 3.52. The molecule has 3 unspecified atom stereocenters. The number of rotatable bonds is 0. The Kier molecular flexibility index (Phi) is 1.89. The smallest absolute Gasteiger partial charge is 0.121 e. The van der Waals surface area contributed by atoms with E-state index in [-0.39, 0.29) is 5.92 Å². The molecule has 52 valence electrons. The van der Waals surface area contributed by atoms with Crippen LogP contribution in [0.4, 0.5) is 4.39 Å². The largest absolute Gasteiger partial charge is 0.243 e. The Balaban J connectivity index is 2.58. The van der Waals surface area contributed by atoms with Crippen molar-refractivity contribution in [3.63, 3.8) is 0 Å². The second-order valence-electron chi connectivity index (χ2n) is 2.94. The van der Waals surface area contributed by atoms with E-state index in [2.05, 4.69) is 6.92 Å². The zero-order valence-electron chi connectivity index (χ0n) is 5.97. The molecule has 1 rings (SSSR count). The molecule has 0 bridgehead atoms. The first kappa shape index (κ1) is 6.79. The van der Waals surface area contributed by atoms with E-state index in [9.17, 15) is 4.39 Å². The molecule has 0 N–H and O–H groups in total. The van der Waals surface area contributed by atoms with Crippen LogP contribution in [-0.4, -0.2) is 6.17 Å². The maximum atomic E-state index is 12.7. The van der Waals surface area contributed by atoms with Crippen LogP contribution in [0.1, 0.15) is 20.3 Å². The molecule has 0 heterocycles. The molecular formula is C8H13F. The molecule has 0 spiro atoms. The molecule has 0 saturated carbocycles. The topological polar surface area (TPSA) is 0 Å². The fourth-order valence-electron chi connectivity index (χ4n) is 1.13. The fraction of sp³-hybridized carbons (Fsp3) is 0.750. The van der Waals surface area contributed by atoms with Gasteiger partial charge in [0.2, 0.25) is 0 Å². The maximum absolute atomic E-state index is 12.7. The predicted molar refractivity (Wildman–Crippen MR) is 37.0 cm³/mol. The Hall–Kier alpha value is -0.330. The molecule has 1 aliphatic carbocycles. The predicted octanol–water partition coefficient (Wildman–Crippen LogP) is 2.56. The quantitative estimate of drug-likeness (QED) is 0.440. The fourth-order valence-corrected chi connectivity index (χ4v) is 1.13. The van der Waals surface area contributed by atoms with Crippen LogP contribution in [0.25, 0.3) is 0 Å². The van der Waals surface area contributed by atoms with E-state index < -0.39 is 6.17 Å². The number of alkyl halides is 1. The molecule has 0 fully saturated rings. The first-order chi connectivity index (χ1) is 4.22. The van der Waals surface area contributed by atoms with Crippen molar-refractivity contribution < 1.29 is 4.39 Å². The monoisotopic (exact) mass is 128 g/mol. The van der Waals surface area contributed by atoms with Crippen LogP contribution in [0, 0.1) is 11.8 Å². The first-order valence-electron chi connectivity index (χ1n) is 3.52. The van der Waals surface area contributed by atoms with Gasteiger partial charge in [-0.15, -0.1) is 0 Å². The average Bonchev–Trinajstić information content (AvgIpc) is 1.83. The van der Waals surface area contributed by atoms with Crippen molar-refractivity contribution in [3.05, 3.63) is 12.2 Å². The van der Waals surface area contributed by atoms with Crippen LogP contribution in [0.2, 0.25) is 0 Å². The van der Waals surface area contributed by atoms with Gasteiger partial charge < -0.3 is 0 Å². The second-order valence-corrected chi connectivity index (χ2v) is 2.94. The lowest BCUT2D eigenvalue weighted by molar-refractivity contribution is 0.219. The van der Waals surface area contributed by atoms with Crippen molar-refractivity contribution in [1.82, 2.24) is 0 Å². The van der Waals surface area contributed by atoms with Gasteiger partial charge in [-0.25, -0.2) is 4.39 Å². The summed E-state index contributed by atoms with van der Waals surface area (Å²) in [7, 11) is 0. The van der Waals surface area contributed by atoms with Gasteiger partial charge >= 0.3 is 0 Å². The normalized spacial score (nSPS) is 43.2. The van der Waals surface area contributed by atoms with Crippen molar-refractivity contribution in [3.8, 4) is 0 Å². The molecule has 1 aliphatic rings. The summed E-state index contributed by atoms with van der Waals surface area (Å²) >= 11 is 0. The molecule has 0 saturated heterocycles. The van der Waals surface area contributed by atoms with E-state index in [1.54, 1.807) is 6.08 Å². The van der Waals surface area contributed by atoms with Gasteiger partial charge in [-0.05, 0) is 18.3 Å². The minimum absolute atomic E-state index is 0.218. The number of hydrogen-bond donors (Lipinski definition) is 0. The van der Waals surface area contributed by atoms with Crippen molar-refractivity contribution in [2.24, 2.45) is 11.8 Å². The summed E-state index contributed by atoms with van der Waals surface area (Å²) in [5.74, 6) is 0.736. The van der Waals surface area contributed by atoms with Crippen molar-refractivity contribution in [2.75, 3.05) is 0 Å². The SMILES string of the molecule is CC1CC=CC(F)C1C. The highest BCUT2D eigenvalue weighted by molar-refractivity contribution is 4.98. The van der Waals surface area contributed by atoms with Crippen LogP contribution in [-0.2, 0) is 0 Å². The van der Waals surface area contributed by atoms with Crippen LogP contribution in [0.3, 0.4) is 0 Å². The molecule has 0 amide bonds. The number of halogens is 1. The zero-order valence-corrected chi connectivity index (χ0v) is 5.97. The molecule has 3 atom stereocenters. The third-order valence-electron chi connectivity index (χ3n) is 2.23. The summed E-state index contributed by atoms with van der Waals surface area (Å²) in [4.78, 5) is 0. The molecule has 0 radical (unpaired) electrons. The molecule has 0 aromatic heterocycles. The Morgan fingerprint density at radius 2 is 2.11 bits per heavy atom. The summed E-state index contributed by atoms with van der Waals surface area (Å²) in [5, 5.41) is 0. The van der Waals surface area contributed by atoms with Crippen molar-refractivity contribution in [1.29, 1.82) is 0 Å². The molecule has 0 aromatic rings. The van der Waals surface area contributed by atoms with Gasteiger partial charge in [0, 0.05) is 0 Å². The van der Waals surface area contributed by atoms with Crippen LogP contribution < -0.4 is 0 Å². The lowest BCUT2D eigenvalue weighted by atomic mass is 9.85. The summed E-state index contributed by atoms with van der Waals surface area (Å²) in [6, 6.07) is 0. The minimum Gasteiger partial charge on any atom is -0.243 e. The van der Waals surface area contributed by atoms with E-state index in [0.29, 0.717) is 5.92 Å². The molecule has 0 aliphatic heterocycles. The zero-order chi connectivity index (χ0) is 6.85. The van der Waals surface area contributed by atoms with Crippen LogP contribution >= 0.6 is 0 Å². The standard InChI is InChI=1S/C8H13F/c1-6-4-3-5-8(9)7(6)2/h3,5-8H,4H2,1-2H3. The number of hydrogen-bond acceptors (Lipinski definition) is 0. The van der Waals surface area contributed by atoms with Gasteiger partial charge in [0.1, 0.15) is 6.17 Å². The molecular weight excluding hydrogens is 115 g/mol. The third kappa shape index (κ3) is 1.32. The van der Waals surface area contributed by atoms with Gasteiger partial charge in [0.25, 0.3) is 0 Å². The van der Waals surface area contributed by atoms with E-state index in [4.69, 9.17) is 0 Å².